The Morgan fingerprint density at radius 2 is 0.688 bits per heavy atom. The highest BCUT2D eigenvalue weighted by Gasteiger charge is 2.29. The molecule has 15 aromatic carbocycles. The van der Waals surface area contributed by atoms with E-state index < -0.39 is 20.6 Å². The third kappa shape index (κ3) is 13.8. The third-order valence-electron chi connectivity index (χ3n) is 24.9. The maximum Gasteiger partial charge on any atom is 0.243 e. The largest absolute Gasteiger partial charge is 0.455 e. The lowest BCUT2D eigenvalue weighted by Gasteiger charge is -2.07. The molecule has 0 saturated heterocycles. The lowest BCUT2D eigenvalue weighted by molar-refractivity contribution is -0.744. The van der Waals surface area contributed by atoms with Crippen molar-refractivity contribution < 1.29 is 57.8 Å². The number of hydrogen-bond donors (Lipinski definition) is 0. The van der Waals surface area contributed by atoms with E-state index >= 15 is 0 Å². The molecule has 0 spiro atoms. The van der Waals surface area contributed by atoms with Crippen LogP contribution in [0.15, 0.2) is 332 Å². The Labute approximate surface area is 750 Å². The molecular formula is C113H93N10O5+5. The monoisotopic (exact) mass is 1680 g/mol. The molecule has 25 rings (SSSR count). The molecule has 0 radical (unpaired) electrons. The Hall–Kier alpha value is -15.9. The Morgan fingerprint density at radius 3 is 1.15 bits per heavy atom. The molecule has 0 aliphatic carbocycles. The summed E-state index contributed by atoms with van der Waals surface area (Å²) in [5.74, 6) is 0. The van der Waals surface area contributed by atoms with Gasteiger partial charge in [-0.1, -0.05) is 183 Å². The molecule has 0 fully saturated rings. The summed E-state index contributed by atoms with van der Waals surface area (Å²) in [5.41, 5.74) is 23.2. The second kappa shape index (κ2) is 31.7. The summed E-state index contributed by atoms with van der Waals surface area (Å²) in [7, 11) is 9.49. The highest BCUT2D eigenvalue weighted by atomic mass is 16.3. The first kappa shape index (κ1) is 69.5. The molecule has 15 heteroatoms. The molecule has 0 aliphatic rings. The molecule has 10 aromatic heterocycles. The minimum atomic E-state index is -2.25. The van der Waals surface area contributed by atoms with Crippen LogP contribution in [0.4, 0.5) is 0 Å². The van der Waals surface area contributed by atoms with Crippen LogP contribution >= 0.6 is 0 Å². The van der Waals surface area contributed by atoms with Gasteiger partial charge >= 0.3 is 0 Å². The first-order chi connectivity index (χ1) is 65.8. The second-order valence-electron chi connectivity index (χ2n) is 33.2. The summed E-state index contributed by atoms with van der Waals surface area (Å²) < 4.78 is 114. The zero-order valence-electron chi connectivity index (χ0n) is 81.5. The van der Waals surface area contributed by atoms with Gasteiger partial charge in [-0.3, -0.25) is 0 Å². The number of nitrogens with zero attached hydrogens (tertiary/aromatic N) is 10. The Morgan fingerprint density at radius 1 is 0.289 bits per heavy atom. The minimum Gasteiger partial charge on any atom is -0.455 e. The van der Waals surface area contributed by atoms with Crippen molar-refractivity contribution in [2.45, 2.75) is 62.1 Å². The molecule has 0 amide bonds. The van der Waals surface area contributed by atoms with Crippen LogP contribution in [0.25, 0.3) is 214 Å². The van der Waals surface area contributed by atoms with Gasteiger partial charge in [-0.15, -0.1) is 9.36 Å². The van der Waals surface area contributed by atoms with Crippen LogP contribution < -0.4 is 23.4 Å². The van der Waals surface area contributed by atoms with Gasteiger partial charge in [0.2, 0.25) is 22.8 Å². The fraction of sp³-hybridized carbons (Fsp3) is 0.124. The van der Waals surface area contributed by atoms with E-state index in [4.69, 9.17) is 34.4 Å². The summed E-state index contributed by atoms with van der Waals surface area (Å²) in [6, 6.07) is 93.7. The van der Waals surface area contributed by atoms with Crippen LogP contribution in [0.5, 0.6) is 0 Å². The fourth-order valence-corrected chi connectivity index (χ4v) is 18.5. The van der Waals surface area contributed by atoms with Crippen LogP contribution in [0, 0.1) is 62.1 Å². The number of aromatic nitrogens is 10. The predicted molar refractivity (Wildman–Crippen MR) is 517 cm³/mol. The number of aryl methyl sites for hydroxylation is 13. The van der Waals surface area contributed by atoms with Gasteiger partial charge < -0.3 is 22.1 Å². The van der Waals surface area contributed by atoms with Gasteiger partial charge in [-0.2, -0.15) is 0 Å². The Kier molecular flexibility index (Phi) is 17.2. The van der Waals surface area contributed by atoms with Gasteiger partial charge in [0.25, 0.3) is 0 Å². The normalized spacial score (nSPS) is 13.0. The van der Waals surface area contributed by atoms with Gasteiger partial charge in [-0.05, 0) is 266 Å². The SMILES string of the molecule is Cc1ccc2c(oc3cc4ccccc4cc32)c1-n1ccc[n+]1C.Cc1cn[n+](C)c(-c2c(C)ccc3c2oc2cc4ccccc4cc23)c1.[2H]C([2H])([2H])c1cc(C)c(-c2cccn[n+]2C)c2oc3cc4ccccc4cc3c12.[2H]C([2H])([2H])c1cc2c(oc3cc4ccccc4cc32)c(-c2cccn[n+]2C)c1C.[2H]C([2H])([2H])c1ccc(-c2c(C)ccc3c2oc2cc4ccccc4cc23)[n+](C)n1. The minimum absolute atomic E-state index is 0.0735. The predicted octanol–water partition coefficient (Wildman–Crippen LogP) is 25.6. The number of fused-ring (bicyclic) bond motifs is 20. The zero-order valence-corrected chi connectivity index (χ0v) is 72.5. The molecule has 0 saturated carbocycles. The number of benzene rings is 15. The van der Waals surface area contributed by atoms with Crippen molar-refractivity contribution in [2.75, 3.05) is 0 Å². The van der Waals surface area contributed by atoms with E-state index in [1.807, 2.05) is 169 Å². The van der Waals surface area contributed by atoms with Crippen LogP contribution in [-0.4, -0.2) is 25.1 Å². The zero-order chi connectivity index (χ0) is 95.1. The van der Waals surface area contributed by atoms with E-state index in [0.717, 1.165) is 177 Å². The molecule has 0 N–H and O–H groups in total. The standard InChI is InChI=1S/4C23H19N2O.C21H17N2O/c1-14-11-19-18-12-16-7-4-5-8-17(16)13-21(18)26-23(19)22(15(14)2)20-9-6-10-24-25(20)3;1-14-11-15(2)22(19-9-6-10-24-25(19)3)23-21(14)18-12-16-7-4-5-8-17(16)13-20(18)26-23;1-14-8-10-18-19-12-16-6-4-5-7-17(16)13-21(19)26-23(18)22(14)20-11-9-15(2)24-25(20)3;1-14-10-20(25(3)24-13-14)22-15(2)8-9-18-19-11-16-6-4-5-7-17(16)12-21(19)26-23(18)22;1-14-8-9-17-18-12-15-6-3-4-7-16(15)13-19(18)24-21(17)20(14)23-11-5-10-22(23)2/h4*4-13H,1-3H3;3-13H,1-2H3/q5*+1/i2*1D3;2D3;;. The average molecular weight is 1680 g/mol. The molecule has 0 bridgehead atoms. The maximum atomic E-state index is 8.12. The molecule has 15 nitrogen and oxygen atoms in total. The van der Waals surface area contributed by atoms with Gasteiger partial charge in [0.05, 0.1) is 47.0 Å². The van der Waals surface area contributed by atoms with Gasteiger partial charge in [0.1, 0.15) is 55.9 Å². The second-order valence-corrected chi connectivity index (χ2v) is 33.2. The van der Waals surface area contributed by atoms with Crippen molar-refractivity contribution in [3.63, 3.8) is 0 Å². The molecule has 0 aliphatic heterocycles. The quantitative estimate of drug-likeness (QED) is 0.154. The third-order valence-corrected chi connectivity index (χ3v) is 24.9. The van der Waals surface area contributed by atoms with Crippen molar-refractivity contribution in [3.8, 4) is 50.7 Å². The van der Waals surface area contributed by atoms with Crippen molar-refractivity contribution >= 4 is 164 Å². The van der Waals surface area contributed by atoms with Crippen molar-refractivity contribution in [1.82, 2.24) is 25.1 Å². The van der Waals surface area contributed by atoms with Crippen molar-refractivity contribution in [3.05, 3.63) is 360 Å². The van der Waals surface area contributed by atoms with Crippen LogP contribution in [0.1, 0.15) is 62.5 Å². The van der Waals surface area contributed by atoms with E-state index in [0.29, 0.717) is 38.8 Å². The van der Waals surface area contributed by atoms with E-state index in [1.165, 1.54) is 43.4 Å². The molecule has 0 unspecified atom stereocenters. The molecular weight excluding hydrogens is 1580 g/mol. The smallest absolute Gasteiger partial charge is 0.243 e. The highest BCUT2D eigenvalue weighted by molar-refractivity contribution is 6.19. The van der Waals surface area contributed by atoms with Gasteiger partial charge in [0, 0.05) is 96.5 Å². The number of rotatable bonds is 5. The fourth-order valence-electron chi connectivity index (χ4n) is 18.5. The lowest BCUT2D eigenvalue weighted by Crippen LogP contribution is -2.37. The molecule has 0 atom stereocenters. The van der Waals surface area contributed by atoms with E-state index in [-0.39, 0.29) is 5.69 Å². The van der Waals surface area contributed by atoms with Crippen LogP contribution in [0.2, 0.25) is 0 Å². The Bertz CT molecular complexity index is 9260. The molecule has 128 heavy (non-hydrogen) atoms. The lowest BCUT2D eigenvalue weighted by atomic mass is 9.96. The van der Waals surface area contributed by atoms with Gasteiger partial charge in [0.15, 0.2) is 52.7 Å². The topological polar surface area (TPSA) is 142 Å². The average Bonchev–Trinajstić information content (AvgIpc) is 1.59. The van der Waals surface area contributed by atoms with E-state index in [1.54, 1.807) is 57.8 Å². The van der Waals surface area contributed by atoms with Crippen molar-refractivity contribution in [1.29, 1.82) is 0 Å². The van der Waals surface area contributed by atoms with Gasteiger partial charge in [-0.25, -0.2) is 0 Å². The Balaban J connectivity index is 0.000000102. The van der Waals surface area contributed by atoms with Crippen LogP contribution in [-0.2, 0) is 35.2 Å². The van der Waals surface area contributed by atoms with Crippen molar-refractivity contribution in [2.24, 2.45) is 35.2 Å². The van der Waals surface area contributed by atoms with E-state index in [2.05, 4.69) is 208 Å². The summed E-state index contributed by atoms with van der Waals surface area (Å²) >= 11 is 0. The molecule has 620 valence electrons. The first-order valence-corrected chi connectivity index (χ1v) is 42.6. The summed E-state index contributed by atoms with van der Waals surface area (Å²) in [4.78, 5) is 0. The number of hydrogen-bond acceptors (Lipinski definition) is 9. The summed E-state index contributed by atoms with van der Waals surface area (Å²) in [6.07, 6.45) is 9.40. The first-order valence-electron chi connectivity index (χ1n) is 47.1. The van der Waals surface area contributed by atoms with Crippen LogP contribution in [0.3, 0.4) is 0 Å². The number of furan rings is 5. The maximum absolute atomic E-state index is 8.12. The summed E-state index contributed by atoms with van der Waals surface area (Å²) in [5, 5.41) is 38.8. The molecule has 25 aromatic rings. The highest BCUT2D eigenvalue weighted by Crippen LogP contribution is 2.46. The molecule has 10 heterocycles. The van der Waals surface area contributed by atoms with E-state index in [9.17, 15) is 0 Å². The summed E-state index contributed by atoms with van der Waals surface area (Å²) in [6.45, 7) is 5.38.